The van der Waals surface area contributed by atoms with Gasteiger partial charge in [-0.2, -0.15) is 0 Å². The monoisotopic (exact) mass is 332 g/mol. The number of fused-ring (bicyclic) bond motifs is 2. The van der Waals surface area contributed by atoms with Crippen molar-refractivity contribution in [2.75, 3.05) is 0 Å². The SMILES string of the molecule is IC1Cc2ccccc2/C=C\c2ccccc21. The maximum absolute atomic E-state index is 2.55. The van der Waals surface area contributed by atoms with Gasteiger partial charge in [-0.05, 0) is 28.7 Å². The minimum absolute atomic E-state index is 0.551. The molecule has 1 aliphatic carbocycles. The molecule has 1 aliphatic rings. The first kappa shape index (κ1) is 11.0. The lowest BCUT2D eigenvalue weighted by Crippen LogP contribution is -2.01. The highest BCUT2D eigenvalue weighted by molar-refractivity contribution is 14.1. The fraction of sp³-hybridized carbons (Fsp3) is 0.125. The molecule has 0 aliphatic heterocycles. The van der Waals surface area contributed by atoms with E-state index in [9.17, 15) is 0 Å². The Morgan fingerprint density at radius 2 is 1.47 bits per heavy atom. The Hall–Kier alpha value is -1.09. The Labute approximate surface area is 116 Å². The molecule has 2 aromatic rings. The average Bonchev–Trinajstić information content (AvgIpc) is 2.36. The predicted octanol–water partition coefficient (Wildman–Crippen LogP) is 4.89. The Kier molecular flexibility index (Phi) is 3.02. The van der Waals surface area contributed by atoms with Gasteiger partial charge in [0.2, 0.25) is 0 Å². The third-order valence-corrected chi connectivity index (χ3v) is 4.34. The van der Waals surface area contributed by atoms with Crippen LogP contribution in [0.15, 0.2) is 48.5 Å². The van der Waals surface area contributed by atoms with Gasteiger partial charge in [0.05, 0.1) is 0 Å². The molecule has 84 valence electrons. The molecular weight excluding hydrogens is 319 g/mol. The molecule has 1 unspecified atom stereocenters. The molecule has 1 atom stereocenters. The standard InChI is InChI=1S/C16H13I/c17-16-11-14-7-2-1-5-12(14)9-10-13-6-3-4-8-15(13)16/h1-10,16H,11H2/b10-9-. The molecular formula is C16H13I. The zero-order chi connectivity index (χ0) is 11.7. The molecule has 0 amide bonds. The van der Waals surface area contributed by atoms with Gasteiger partial charge in [-0.3, -0.25) is 0 Å². The molecule has 1 heteroatoms. The number of halogens is 1. The van der Waals surface area contributed by atoms with E-state index < -0.39 is 0 Å². The molecule has 0 spiro atoms. The van der Waals surface area contributed by atoms with Crippen molar-refractivity contribution in [2.45, 2.75) is 10.3 Å². The summed E-state index contributed by atoms with van der Waals surface area (Å²) in [7, 11) is 0. The molecule has 0 heterocycles. The van der Waals surface area contributed by atoms with E-state index in [2.05, 4.69) is 83.3 Å². The average molecular weight is 332 g/mol. The maximum atomic E-state index is 2.55. The van der Waals surface area contributed by atoms with Gasteiger partial charge >= 0.3 is 0 Å². The van der Waals surface area contributed by atoms with E-state index in [-0.39, 0.29) is 0 Å². The Morgan fingerprint density at radius 1 is 0.824 bits per heavy atom. The Morgan fingerprint density at radius 3 is 2.35 bits per heavy atom. The summed E-state index contributed by atoms with van der Waals surface area (Å²) < 4.78 is 0.551. The lowest BCUT2D eigenvalue weighted by molar-refractivity contribution is 0.958. The summed E-state index contributed by atoms with van der Waals surface area (Å²) in [6, 6.07) is 17.4. The quantitative estimate of drug-likeness (QED) is 0.476. The normalized spacial score (nSPS) is 19.7. The van der Waals surface area contributed by atoms with Gasteiger partial charge in [-0.25, -0.2) is 0 Å². The van der Waals surface area contributed by atoms with Crippen LogP contribution in [0.3, 0.4) is 0 Å². The number of rotatable bonds is 0. The summed E-state index contributed by atoms with van der Waals surface area (Å²) in [5.41, 5.74) is 5.58. The highest BCUT2D eigenvalue weighted by atomic mass is 127. The van der Waals surface area contributed by atoms with E-state index in [0.717, 1.165) is 6.42 Å². The first-order valence-corrected chi connectivity index (χ1v) is 7.08. The molecule has 0 aromatic heterocycles. The first-order valence-electron chi connectivity index (χ1n) is 5.83. The summed E-state index contributed by atoms with van der Waals surface area (Å²) in [5, 5.41) is 0. The zero-order valence-electron chi connectivity index (χ0n) is 9.44. The molecule has 2 aromatic carbocycles. The van der Waals surface area contributed by atoms with Crippen LogP contribution in [0.2, 0.25) is 0 Å². The molecule has 0 radical (unpaired) electrons. The lowest BCUT2D eigenvalue weighted by atomic mass is 9.93. The summed E-state index contributed by atoms with van der Waals surface area (Å²) in [5.74, 6) is 0. The van der Waals surface area contributed by atoms with Crippen LogP contribution in [0.25, 0.3) is 12.2 Å². The highest BCUT2D eigenvalue weighted by Gasteiger charge is 2.14. The molecule has 0 saturated carbocycles. The smallest absolute Gasteiger partial charge is 0.0406 e. The van der Waals surface area contributed by atoms with Crippen molar-refractivity contribution in [3.8, 4) is 0 Å². The Balaban J connectivity index is 2.16. The molecule has 0 N–H and O–H groups in total. The van der Waals surface area contributed by atoms with Crippen LogP contribution in [0, 0.1) is 0 Å². The van der Waals surface area contributed by atoms with Crippen LogP contribution in [0.4, 0.5) is 0 Å². The Bertz CT molecular complexity index is 569. The van der Waals surface area contributed by atoms with Crippen molar-refractivity contribution in [3.63, 3.8) is 0 Å². The molecule has 0 bridgehead atoms. The molecule has 3 rings (SSSR count). The molecule has 0 saturated heterocycles. The van der Waals surface area contributed by atoms with Gasteiger partial charge in [0.15, 0.2) is 0 Å². The first-order chi connectivity index (χ1) is 8.34. The van der Waals surface area contributed by atoms with Crippen LogP contribution in [-0.2, 0) is 6.42 Å². The third-order valence-electron chi connectivity index (χ3n) is 3.23. The summed E-state index contributed by atoms with van der Waals surface area (Å²) >= 11 is 2.55. The van der Waals surface area contributed by atoms with Gasteiger partial charge in [0.25, 0.3) is 0 Å². The lowest BCUT2D eigenvalue weighted by Gasteiger charge is -2.17. The van der Waals surface area contributed by atoms with Crippen molar-refractivity contribution in [2.24, 2.45) is 0 Å². The number of alkyl halides is 1. The van der Waals surface area contributed by atoms with Crippen molar-refractivity contribution in [1.82, 2.24) is 0 Å². The maximum Gasteiger partial charge on any atom is 0.0406 e. The minimum Gasteiger partial charge on any atom is -0.0770 e. The van der Waals surface area contributed by atoms with E-state index in [4.69, 9.17) is 0 Å². The van der Waals surface area contributed by atoms with Gasteiger partial charge in [-0.15, -0.1) is 0 Å². The van der Waals surface area contributed by atoms with Crippen molar-refractivity contribution in [3.05, 3.63) is 70.8 Å². The molecule has 0 fully saturated rings. The van der Waals surface area contributed by atoms with Crippen LogP contribution in [-0.4, -0.2) is 0 Å². The van der Waals surface area contributed by atoms with Gasteiger partial charge in [-0.1, -0.05) is 83.3 Å². The highest BCUT2D eigenvalue weighted by Crippen LogP contribution is 2.34. The second kappa shape index (κ2) is 4.65. The van der Waals surface area contributed by atoms with Gasteiger partial charge in [0.1, 0.15) is 0 Å². The second-order valence-electron chi connectivity index (χ2n) is 4.33. The number of hydrogen-bond acceptors (Lipinski definition) is 0. The van der Waals surface area contributed by atoms with E-state index in [1.165, 1.54) is 22.3 Å². The third kappa shape index (κ3) is 2.16. The van der Waals surface area contributed by atoms with Gasteiger partial charge < -0.3 is 0 Å². The van der Waals surface area contributed by atoms with Crippen LogP contribution < -0.4 is 0 Å². The summed E-state index contributed by atoms with van der Waals surface area (Å²) in [4.78, 5) is 0. The summed E-state index contributed by atoms with van der Waals surface area (Å²) in [6.45, 7) is 0. The van der Waals surface area contributed by atoms with E-state index in [1.807, 2.05) is 0 Å². The second-order valence-corrected chi connectivity index (χ2v) is 5.84. The minimum atomic E-state index is 0.551. The molecule has 0 nitrogen and oxygen atoms in total. The van der Waals surface area contributed by atoms with Crippen LogP contribution in [0.1, 0.15) is 26.2 Å². The van der Waals surface area contributed by atoms with E-state index in [1.54, 1.807) is 0 Å². The zero-order valence-corrected chi connectivity index (χ0v) is 11.6. The predicted molar refractivity (Wildman–Crippen MR) is 82.3 cm³/mol. The van der Waals surface area contributed by atoms with E-state index in [0.29, 0.717) is 3.92 Å². The van der Waals surface area contributed by atoms with Gasteiger partial charge in [0, 0.05) is 3.92 Å². The summed E-state index contributed by atoms with van der Waals surface area (Å²) in [6.07, 6.45) is 5.58. The van der Waals surface area contributed by atoms with E-state index >= 15 is 0 Å². The fourth-order valence-electron chi connectivity index (χ4n) is 2.31. The van der Waals surface area contributed by atoms with Crippen molar-refractivity contribution >= 4 is 34.7 Å². The largest absolute Gasteiger partial charge is 0.0770 e. The fourth-order valence-corrected chi connectivity index (χ4v) is 3.35. The number of hydrogen-bond donors (Lipinski definition) is 0. The van der Waals surface area contributed by atoms with Crippen LogP contribution in [0.5, 0.6) is 0 Å². The van der Waals surface area contributed by atoms with Crippen molar-refractivity contribution in [1.29, 1.82) is 0 Å². The topological polar surface area (TPSA) is 0 Å². The van der Waals surface area contributed by atoms with Crippen molar-refractivity contribution < 1.29 is 0 Å². The number of benzene rings is 2. The van der Waals surface area contributed by atoms with Crippen LogP contribution >= 0.6 is 22.6 Å². The molecule has 17 heavy (non-hydrogen) atoms.